The molecule has 3 aromatic rings. The summed E-state index contributed by atoms with van der Waals surface area (Å²) in [6.07, 6.45) is 2.93. The molecule has 2 atom stereocenters. The van der Waals surface area contributed by atoms with Gasteiger partial charge in [0.15, 0.2) is 0 Å². The van der Waals surface area contributed by atoms with E-state index < -0.39 is 16.8 Å². The molecule has 3 aromatic carbocycles. The number of hydrogen-bond donors (Lipinski definition) is 1. The highest BCUT2D eigenvalue weighted by Gasteiger charge is 2.61. The van der Waals surface area contributed by atoms with Gasteiger partial charge in [-0.05, 0) is 34.4 Å². The fourth-order valence-electron chi connectivity index (χ4n) is 5.78. The molecule has 2 amide bonds. The normalized spacial score (nSPS) is 24.2. The summed E-state index contributed by atoms with van der Waals surface area (Å²) in [5.74, 6) is -1.87. The van der Waals surface area contributed by atoms with Crippen LogP contribution >= 0.6 is 11.6 Å². The van der Waals surface area contributed by atoms with Crippen LogP contribution in [0.15, 0.2) is 72.9 Å². The molecule has 1 fully saturated rings. The highest BCUT2D eigenvalue weighted by atomic mass is 35.5. The largest absolute Gasteiger partial charge is 0.296 e. The Labute approximate surface area is 199 Å². The third-order valence-corrected chi connectivity index (χ3v) is 7.45. The molecule has 1 saturated heterocycles. The van der Waals surface area contributed by atoms with Crippen molar-refractivity contribution in [2.24, 2.45) is 11.8 Å². The third-order valence-electron chi connectivity index (χ3n) is 7.11. The number of hydrazine groups is 1. The number of benzene rings is 3. The number of halogens is 1. The number of nitro benzene ring substituents is 1. The van der Waals surface area contributed by atoms with Crippen molar-refractivity contribution < 1.29 is 14.5 Å². The van der Waals surface area contributed by atoms with Crippen molar-refractivity contribution in [1.29, 1.82) is 0 Å². The van der Waals surface area contributed by atoms with Crippen molar-refractivity contribution in [3.8, 4) is 0 Å². The number of hydrogen-bond acceptors (Lipinski definition) is 5. The van der Waals surface area contributed by atoms with E-state index in [1.54, 1.807) is 0 Å². The van der Waals surface area contributed by atoms with E-state index in [-0.39, 0.29) is 29.3 Å². The van der Waals surface area contributed by atoms with Gasteiger partial charge in [0.2, 0.25) is 0 Å². The van der Waals surface area contributed by atoms with Gasteiger partial charge in [-0.15, -0.1) is 0 Å². The van der Waals surface area contributed by atoms with E-state index >= 15 is 0 Å². The highest BCUT2D eigenvalue weighted by Crippen LogP contribution is 2.60. The molecule has 0 saturated carbocycles. The topological polar surface area (TPSA) is 92.6 Å². The van der Waals surface area contributed by atoms with Crippen molar-refractivity contribution in [2.45, 2.75) is 11.8 Å². The molecule has 0 radical (unpaired) electrons. The van der Waals surface area contributed by atoms with Crippen LogP contribution in [0.25, 0.3) is 6.08 Å². The van der Waals surface area contributed by atoms with Crippen molar-refractivity contribution in [3.63, 3.8) is 0 Å². The van der Waals surface area contributed by atoms with Crippen LogP contribution in [0.3, 0.4) is 0 Å². The zero-order valence-corrected chi connectivity index (χ0v) is 18.5. The predicted octanol–water partition coefficient (Wildman–Crippen LogP) is 4.62. The van der Waals surface area contributed by atoms with Gasteiger partial charge >= 0.3 is 0 Å². The second kappa shape index (κ2) is 7.53. The maximum atomic E-state index is 13.5. The predicted molar refractivity (Wildman–Crippen MR) is 126 cm³/mol. The van der Waals surface area contributed by atoms with Crippen LogP contribution in [-0.2, 0) is 9.59 Å². The van der Waals surface area contributed by atoms with Gasteiger partial charge in [0.25, 0.3) is 17.5 Å². The van der Waals surface area contributed by atoms with Crippen molar-refractivity contribution in [1.82, 2.24) is 10.4 Å². The summed E-state index contributed by atoms with van der Waals surface area (Å²) in [7, 11) is 0. The number of nitrogens with zero attached hydrogens (tertiary/aromatic N) is 2. The van der Waals surface area contributed by atoms with E-state index in [1.165, 1.54) is 30.5 Å². The maximum Gasteiger partial charge on any atom is 0.270 e. The molecule has 0 spiro atoms. The van der Waals surface area contributed by atoms with Gasteiger partial charge < -0.3 is 0 Å². The van der Waals surface area contributed by atoms with E-state index in [9.17, 15) is 19.7 Å². The van der Waals surface area contributed by atoms with E-state index in [0.717, 1.165) is 27.3 Å². The van der Waals surface area contributed by atoms with Crippen LogP contribution in [0.5, 0.6) is 0 Å². The molecule has 3 aliphatic carbocycles. The molecular weight excluding hydrogens is 454 g/mol. The van der Waals surface area contributed by atoms with Crippen LogP contribution in [0, 0.1) is 22.0 Å². The Kier molecular flexibility index (Phi) is 4.57. The first-order valence-electron chi connectivity index (χ1n) is 10.9. The molecular formula is C26H18ClN3O4. The fraction of sp³-hybridized carbons (Fsp3) is 0.154. The molecule has 1 aliphatic heterocycles. The van der Waals surface area contributed by atoms with Crippen molar-refractivity contribution in [2.75, 3.05) is 0 Å². The van der Waals surface area contributed by atoms with E-state index in [0.29, 0.717) is 10.6 Å². The Balaban J connectivity index is 1.34. The fourth-order valence-corrected chi connectivity index (χ4v) is 5.96. The molecule has 34 heavy (non-hydrogen) atoms. The molecule has 168 valence electrons. The van der Waals surface area contributed by atoms with Crippen LogP contribution in [0.2, 0.25) is 5.02 Å². The molecule has 1 N–H and O–H groups in total. The first kappa shape index (κ1) is 20.6. The number of amides is 2. The van der Waals surface area contributed by atoms with Crippen molar-refractivity contribution >= 4 is 35.2 Å². The lowest BCUT2D eigenvalue weighted by atomic mass is 9.55. The van der Waals surface area contributed by atoms with Gasteiger partial charge in [0, 0.05) is 40.8 Å². The van der Waals surface area contributed by atoms with Gasteiger partial charge in [-0.2, -0.15) is 5.01 Å². The van der Waals surface area contributed by atoms with Gasteiger partial charge in [0.05, 0.1) is 16.8 Å². The number of non-ortho nitro benzene ring substituents is 1. The minimum absolute atomic E-state index is 0.101. The molecule has 0 aromatic heterocycles. The number of rotatable bonds is 4. The Morgan fingerprint density at radius 1 is 0.853 bits per heavy atom. The quantitative estimate of drug-likeness (QED) is 0.340. The Hall–Kier alpha value is -3.97. The minimum atomic E-state index is -0.510. The summed E-state index contributed by atoms with van der Waals surface area (Å²) in [5.41, 5.74) is 7.53. The average molecular weight is 472 g/mol. The summed E-state index contributed by atoms with van der Waals surface area (Å²) in [4.78, 5) is 37.6. The first-order chi connectivity index (χ1) is 16.5. The molecule has 2 bridgehead atoms. The summed E-state index contributed by atoms with van der Waals surface area (Å²) < 4.78 is 0. The summed E-state index contributed by atoms with van der Waals surface area (Å²) in [6, 6.07) is 20.2. The maximum absolute atomic E-state index is 13.5. The number of nitro groups is 1. The lowest BCUT2D eigenvalue weighted by Crippen LogP contribution is -2.41. The number of nitrogens with one attached hydrogen (secondary N) is 1. The summed E-state index contributed by atoms with van der Waals surface area (Å²) in [5, 5.41) is 12.5. The zero-order valence-electron chi connectivity index (χ0n) is 17.7. The standard InChI is InChI=1S/C26H18ClN3O4/c27-20-10-9-15(30(33)34)13-14(20)11-12-28-29-25(31)23-21-16-5-1-2-6-17(16)22(24(23)26(29)32)19-8-4-3-7-18(19)21/h1-13,21-24,28H/b12-11+/t21?,22?,23-,24-/m1/s1. The molecule has 8 heteroatoms. The van der Waals surface area contributed by atoms with Gasteiger partial charge in [0.1, 0.15) is 0 Å². The summed E-state index contributed by atoms with van der Waals surface area (Å²) >= 11 is 6.15. The molecule has 1 heterocycles. The molecule has 4 aliphatic rings. The number of imide groups is 1. The van der Waals surface area contributed by atoms with Gasteiger partial charge in [-0.25, -0.2) is 0 Å². The monoisotopic (exact) mass is 471 g/mol. The minimum Gasteiger partial charge on any atom is -0.296 e. The van der Waals surface area contributed by atoms with Crippen molar-refractivity contribution in [3.05, 3.63) is 116 Å². The number of carbonyl (C=O) groups excluding carboxylic acids is 2. The summed E-state index contributed by atoms with van der Waals surface area (Å²) in [6.45, 7) is 0. The zero-order chi connectivity index (χ0) is 23.6. The smallest absolute Gasteiger partial charge is 0.270 e. The first-order valence-corrected chi connectivity index (χ1v) is 11.3. The van der Waals surface area contributed by atoms with Gasteiger partial charge in [-0.1, -0.05) is 60.1 Å². The Morgan fingerprint density at radius 3 is 1.82 bits per heavy atom. The van der Waals surface area contributed by atoms with E-state index in [4.69, 9.17) is 11.6 Å². The van der Waals surface area contributed by atoms with E-state index in [2.05, 4.69) is 29.7 Å². The van der Waals surface area contributed by atoms with Crippen LogP contribution < -0.4 is 5.43 Å². The highest BCUT2D eigenvalue weighted by molar-refractivity contribution is 6.32. The van der Waals surface area contributed by atoms with Crippen LogP contribution in [-0.4, -0.2) is 21.7 Å². The SMILES string of the molecule is O=C1[C@@H]2C3c4ccccc4C(c4ccccc43)[C@H]2C(=O)N1N/C=C/c1cc([N+](=O)[O-])ccc1Cl. The average Bonchev–Trinajstić information content (AvgIpc) is 3.10. The Morgan fingerprint density at radius 2 is 1.35 bits per heavy atom. The van der Waals surface area contributed by atoms with Gasteiger partial charge in [-0.3, -0.25) is 25.1 Å². The van der Waals surface area contributed by atoms with Crippen LogP contribution in [0.4, 0.5) is 5.69 Å². The second-order valence-electron chi connectivity index (χ2n) is 8.70. The molecule has 0 unspecified atom stereocenters. The van der Waals surface area contributed by atoms with E-state index in [1.807, 2.05) is 24.3 Å². The molecule has 7 rings (SSSR count). The lowest BCUT2D eigenvalue weighted by Gasteiger charge is -2.45. The number of carbonyl (C=O) groups is 2. The van der Waals surface area contributed by atoms with Crippen LogP contribution in [0.1, 0.15) is 39.7 Å². The lowest BCUT2D eigenvalue weighted by molar-refractivity contribution is -0.384. The Bertz CT molecular complexity index is 1300. The molecule has 7 nitrogen and oxygen atoms in total. The second-order valence-corrected chi connectivity index (χ2v) is 9.11. The third kappa shape index (κ3) is 2.83.